The summed E-state index contributed by atoms with van der Waals surface area (Å²) in [6.45, 7) is 5.60. The predicted molar refractivity (Wildman–Crippen MR) is 48.4 cm³/mol. The summed E-state index contributed by atoms with van der Waals surface area (Å²) in [4.78, 5) is 19.7. The van der Waals surface area contributed by atoms with Crippen LogP contribution in [-0.4, -0.2) is 23.1 Å². The Morgan fingerprint density at radius 2 is 2.17 bits per heavy atom. The van der Waals surface area contributed by atoms with Gasteiger partial charge < -0.3 is 9.88 Å². The fourth-order valence-electron chi connectivity index (χ4n) is 1.09. The Hall–Kier alpha value is -1.32. The van der Waals surface area contributed by atoms with E-state index >= 15 is 0 Å². The summed E-state index contributed by atoms with van der Waals surface area (Å²) in [5.41, 5.74) is -0.124. The lowest BCUT2D eigenvalue weighted by molar-refractivity contribution is 0.832. The highest BCUT2D eigenvalue weighted by Gasteiger charge is 2.05. The van der Waals surface area contributed by atoms with Gasteiger partial charge in [0.2, 0.25) is 0 Å². The zero-order valence-electron chi connectivity index (χ0n) is 7.37. The minimum atomic E-state index is -0.124. The SMILES string of the molecule is CCN(CC)c1ncc[nH]c1=O. The molecule has 1 aromatic heterocycles. The molecule has 1 heterocycles. The number of nitrogens with one attached hydrogen (secondary N) is 1. The van der Waals surface area contributed by atoms with Gasteiger partial charge in [-0.3, -0.25) is 4.79 Å². The van der Waals surface area contributed by atoms with Crippen molar-refractivity contribution in [1.29, 1.82) is 0 Å². The molecule has 0 aliphatic rings. The van der Waals surface area contributed by atoms with Gasteiger partial charge in [0, 0.05) is 25.5 Å². The van der Waals surface area contributed by atoms with Gasteiger partial charge in [0.15, 0.2) is 5.82 Å². The quantitative estimate of drug-likeness (QED) is 0.717. The van der Waals surface area contributed by atoms with Crippen molar-refractivity contribution in [3.63, 3.8) is 0 Å². The molecule has 0 spiro atoms. The van der Waals surface area contributed by atoms with Gasteiger partial charge >= 0.3 is 0 Å². The number of hydrogen-bond acceptors (Lipinski definition) is 3. The minimum absolute atomic E-state index is 0.124. The zero-order chi connectivity index (χ0) is 8.97. The van der Waals surface area contributed by atoms with Gasteiger partial charge in [-0.15, -0.1) is 0 Å². The third-order valence-corrected chi connectivity index (χ3v) is 1.75. The standard InChI is InChI=1S/C8H13N3O/c1-3-11(4-2)7-8(12)10-6-5-9-7/h5-6H,3-4H2,1-2H3,(H,10,12). The van der Waals surface area contributed by atoms with Crippen LogP contribution in [0.2, 0.25) is 0 Å². The zero-order valence-corrected chi connectivity index (χ0v) is 7.37. The van der Waals surface area contributed by atoms with Gasteiger partial charge in [0.05, 0.1) is 0 Å². The van der Waals surface area contributed by atoms with Gasteiger partial charge in [0.25, 0.3) is 5.56 Å². The Bertz CT molecular complexity index is 290. The first kappa shape index (κ1) is 8.77. The summed E-state index contributed by atoms with van der Waals surface area (Å²) in [5, 5.41) is 0. The highest BCUT2D eigenvalue weighted by atomic mass is 16.1. The number of aromatic amines is 1. The van der Waals surface area contributed by atoms with E-state index in [0.29, 0.717) is 5.82 Å². The molecule has 0 fully saturated rings. The van der Waals surface area contributed by atoms with Crippen molar-refractivity contribution >= 4 is 5.82 Å². The van der Waals surface area contributed by atoms with Crippen LogP contribution in [0.5, 0.6) is 0 Å². The van der Waals surface area contributed by atoms with E-state index in [-0.39, 0.29) is 5.56 Å². The predicted octanol–water partition coefficient (Wildman–Crippen LogP) is 0.616. The highest BCUT2D eigenvalue weighted by Crippen LogP contribution is 1.99. The third-order valence-electron chi connectivity index (χ3n) is 1.75. The van der Waals surface area contributed by atoms with Gasteiger partial charge in [0.1, 0.15) is 0 Å². The van der Waals surface area contributed by atoms with Crippen LogP contribution in [0.3, 0.4) is 0 Å². The monoisotopic (exact) mass is 167 g/mol. The molecule has 0 atom stereocenters. The molecule has 66 valence electrons. The maximum atomic E-state index is 11.2. The molecule has 0 amide bonds. The Balaban J connectivity index is 3.00. The minimum Gasteiger partial charge on any atom is -0.353 e. The van der Waals surface area contributed by atoms with Crippen LogP contribution in [0.25, 0.3) is 0 Å². The molecule has 4 nitrogen and oxygen atoms in total. The molecule has 1 aromatic rings. The summed E-state index contributed by atoms with van der Waals surface area (Å²) >= 11 is 0. The van der Waals surface area contributed by atoms with Gasteiger partial charge in [-0.05, 0) is 13.8 Å². The van der Waals surface area contributed by atoms with Crippen molar-refractivity contribution in [3.05, 3.63) is 22.7 Å². The van der Waals surface area contributed by atoms with Crippen molar-refractivity contribution in [1.82, 2.24) is 9.97 Å². The van der Waals surface area contributed by atoms with E-state index in [1.54, 1.807) is 6.20 Å². The molecule has 1 rings (SSSR count). The molecule has 0 aromatic carbocycles. The lowest BCUT2D eigenvalue weighted by Gasteiger charge is -2.17. The van der Waals surface area contributed by atoms with Gasteiger partial charge in [-0.1, -0.05) is 0 Å². The molecule has 12 heavy (non-hydrogen) atoms. The van der Waals surface area contributed by atoms with E-state index in [9.17, 15) is 4.79 Å². The molecule has 0 bridgehead atoms. The maximum Gasteiger partial charge on any atom is 0.290 e. The van der Waals surface area contributed by atoms with Gasteiger partial charge in [-0.2, -0.15) is 0 Å². The van der Waals surface area contributed by atoms with E-state index in [1.807, 2.05) is 18.7 Å². The maximum absolute atomic E-state index is 11.2. The average molecular weight is 167 g/mol. The topological polar surface area (TPSA) is 49.0 Å². The van der Waals surface area contributed by atoms with Crippen molar-refractivity contribution in [2.24, 2.45) is 0 Å². The Kier molecular flexibility index (Phi) is 2.85. The van der Waals surface area contributed by atoms with Crippen LogP contribution < -0.4 is 10.5 Å². The molecule has 0 aliphatic heterocycles. The number of H-pyrrole nitrogens is 1. The van der Waals surface area contributed by atoms with Crippen molar-refractivity contribution in [3.8, 4) is 0 Å². The second-order valence-corrected chi connectivity index (χ2v) is 2.41. The molecule has 0 saturated carbocycles. The summed E-state index contributed by atoms with van der Waals surface area (Å²) in [6.07, 6.45) is 3.13. The van der Waals surface area contributed by atoms with Crippen LogP contribution in [0, 0.1) is 0 Å². The fourth-order valence-corrected chi connectivity index (χ4v) is 1.09. The van der Waals surface area contributed by atoms with Crippen LogP contribution in [0.1, 0.15) is 13.8 Å². The van der Waals surface area contributed by atoms with Crippen LogP contribution in [0.4, 0.5) is 5.82 Å². The lowest BCUT2D eigenvalue weighted by Crippen LogP contribution is -2.29. The van der Waals surface area contributed by atoms with Gasteiger partial charge in [-0.25, -0.2) is 4.98 Å². The van der Waals surface area contributed by atoms with Crippen LogP contribution >= 0.6 is 0 Å². The van der Waals surface area contributed by atoms with Crippen molar-refractivity contribution in [2.75, 3.05) is 18.0 Å². The summed E-state index contributed by atoms with van der Waals surface area (Å²) < 4.78 is 0. The van der Waals surface area contributed by atoms with Crippen LogP contribution in [0.15, 0.2) is 17.2 Å². The first-order chi connectivity index (χ1) is 5.79. The van der Waals surface area contributed by atoms with E-state index in [2.05, 4.69) is 9.97 Å². The molecule has 0 radical (unpaired) electrons. The summed E-state index contributed by atoms with van der Waals surface area (Å²) in [7, 11) is 0. The lowest BCUT2D eigenvalue weighted by atomic mass is 10.5. The highest BCUT2D eigenvalue weighted by molar-refractivity contribution is 5.34. The normalized spacial score (nSPS) is 9.83. The van der Waals surface area contributed by atoms with Crippen molar-refractivity contribution < 1.29 is 0 Å². The van der Waals surface area contributed by atoms with Crippen molar-refractivity contribution in [2.45, 2.75) is 13.8 Å². The third kappa shape index (κ3) is 1.64. The Morgan fingerprint density at radius 1 is 1.50 bits per heavy atom. The Labute approximate surface area is 71.3 Å². The first-order valence-corrected chi connectivity index (χ1v) is 4.08. The molecule has 4 heteroatoms. The number of anilines is 1. The number of rotatable bonds is 3. The molecule has 0 unspecified atom stereocenters. The van der Waals surface area contributed by atoms with E-state index in [4.69, 9.17) is 0 Å². The second-order valence-electron chi connectivity index (χ2n) is 2.41. The van der Waals surface area contributed by atoms with Crippen LogP contribution in [-0.2, 0) is 0 Å². The number of aromatic nitrogens is 2. The molecule has 0 aliphatic carbocycles. The summed E-state index contributed by atoms with van der Waals surface area (Å²) in [6, 6.07) is 0. The van der Waals surface area contributed by atoms with E-state index in [0.717, 1.165) is 13.1 Å². The number of hydrogen-bond donors (Lipinski definition) is 1. The number of nitrogens with zero attached hydrogens (tertiary/aromatic N) is 2. The van der Waals surface area contributed by atoms with E-state index < -0.39 is 0 Å². The molecule has 1 N–H and O–H groups in total. The second kappa shape index (κ2) is 3.90. The molecular weight excluding hydrogens is 154 g/mol. The smallest absolute Gasteiger partial charge is 0.290 e. The fraction of sp³-hybridized carbons (Fsp3) is 0.500. The molecular formula is C8H13N3O. The van der Waals surface area contributed by atoms with E-state index in [1.165, 1.54) is 6.20 Å². The first-order valence-electron chi connectivity index (χ1n) is 4.08. The average Bonchev–Trinajstić information content (AvgIpc) is 2.10. The largest absolute Gasteiger partial charge is 0.353 e. The summed E-state index contributed by atoms with van der Waals surface area (Å²) in [5.74, 6) is 0.502. The Morgan fingerprint density at radius 3 is 2.67 bits per heavy atom. The molecule has 0 saturated heterocycles.